The van der Waals surface area contributed by atoms with Crippen LogP contribution >= 0.6 is 11.6 Å². The first kappa shape index (κ1) is 14.2. The van der Waals surface area contributed by atoms with Gasteiger partial charge in [-0.3, -0.25) is 4.79 Å². The van der Waals surface area contributed by atoms with Crippen molar-refractivity contribution in [2.24, 2.45) is 5.92 Å². The van der Waals surface area contributed by atoms with E-state index in [1.807, 2.05) is 0 Å². The van der Waals surface area contributed by atoms with Crippen LogP contribution < -0.4 is 10.6 Å². The van der Waals surface area contributed by atoms with Crippen molar-refractivity contribution >= 4 is 29.3 Å². The van der Waals surface area contributed by atoms with Gasteiger partial charge in [0.05, 0.1) is 16.6 Å². The lowest BCUT2D eigenvalue weighted by Gasteiger charge is -2.10. The van der Waals surface area contributed by atoms with Crippen molar-refractivity contribution in [3.63, 3.8) is 0 Å². The summed E-state index contributed by atoms with van der Waals surface area (Å²) in [6.07, 6.45) is 0. The van der Waals surface area contributed by atoms with E-state index in [1.54, 1.807) is 0 Å². The molecule has 1 unspecified atom stereocenters. The minimum atomic E-state index is -1.00. The molecule has 0 bridgehead atoms. The van der Waals surface area contributed by atoms with Crippen LogP contribution in [0.4, 0.5) is 14.9 Å². The van der Waals surface area contributed by atoms with E-state index in [2.05, 4.69) is 10.6 Å². The van der Waals surface area contributed by atoms with E-state index in [9.17, 15) is 14.0 Å². The molecular weight excluding hydrogens is 263 g/mol. The third-order valence-corrected chi connectivity index (χ3v) is 2.48. The van der Waals surface area contributed by atoms with Crippen molar-refractivity contribution in [3.8, 4) is 0 Å². The topological polar surface area (TPSA) is 78.4 Å². The third-order valence-electron chi connectivity index (χ3n) is 2.17. The Labute approximate surface area is 108 Å². The molecule has 1 aromatic rings. The van der Waals surface area contributed by atoms with Crippen molar-refractivity contribution in [3.05, 3.63) is 29.0 Å². The van der Waals surface area contributed by atoms with E-state index in [1.165, 1.54) is 13.0 Å². The number of amides is 2. The molecular formula is C11H12ClFN2O3. The van der Waals surface area contributed by atoms with Crippen LogP contribution in [0.15, 0.2) is 18.2 Å². The first-order valence-electron chi connectivity index (χ1n) is 5.13. The molecule has 0 radical (unpaired) electrons. The Balaban J connectivity index is 2.52. The molecule has 0 saturated heterocycles. The van der Waals surface area contributed by atoms with Gasteiger partial charge in [0.2, 0.25) is 0 Å². The molecule has 0 aliphatic heterocycles. The zero-order valence-electron chi connectivity index (χ0n) is 9.54. The van der Waals surface area contributed by atoms with Crippen LogP contribution in [-0.4, -0.2) is 23.7 Å². The molecule has 0 aliphatic carbocycles. The first-order valence-corrected chi connectivity index (χ1v) is 5.50. The maximum absolute atomic E-state index is 12.7. The molecule has 98 valence electrons. The highest BCUT2D eigenvalue weighted by molar-refractivity contribution is 6.33. The maximum atomic E-state index is 12.7. The normalized spacial score (nSPS) is 11.7. The van der Waals surface area contributed by atoms with Crippen LogP contribution in [0.5, 0.6) is 0 Å². The zero-order valence-corrected chi connectivity index (χ0v) is 10.3. The van der Waals surface area contributed by atoms with Crippen molar-refractivity contribution in [1.82, 2.24) is 5.32 Å². The molecule has 1 aromatic carbocycles. The lowest BCUT2D eigenvalue weighted by Crippen LogP contribution is -2.34. The second-order valence-corrected chi connectivity index (χ2v) is 4.11. The molecule has 0 aromatic heterocycles. The van der Waals surface area contributed by atoms with E-state index < -0.39 is 23.7 Å². The molecule has 0 fully saturated rings. The van der Waals surface area contributed by atoms with E-state index in [0.29, 0.717) is 0 Å². The number of benzene rings is 1. The number of rotatable bonds is 4. The average Bonchev–Trinajstić information content (AvgIpc) is 2.29. The quantitative estimate of drug-likeness (QED) is 0.788. The molecule has 0 heterocycles. The summed E-state index contributed by atoms with van der Waals surface area (Å²) in [4.78, 5) is 21.9. The van der Waals surface area contributed by atoms with Gasteiger partial charge in [-0.25, -0.2) is 9.18 Å². The fraction of sp³-hybridized carbons (Fsp3) is 0.273. The maximum Gasteiger partial charge on any atom is 0.319 e. The van der Waals surface area contributed by atoms with Gasteiger partial charge in [-0.15, -0.1) is 0 Å². The van der Waals surface area contributed by atoms with Crippen LogP contribution in [0.2, 0.25) is 5.02 Å². The average molecular weight is 275 g/mol. The van der Waals surface area contributed by atoms with Gasteiger partial charge in [-0.05, 0) is 18.2 Å². The van der Waals surface area contributed by atoms with E-state index in [-0.39, 0.29) is 17.3 Å². The van der Waals surface area contributed by atoms with Gasteiger partial charge >= 0.3 is 12.0 Å². The number of hydrogen-bond acceptors (Lipinski definition) is 2. The summed E-state index contributed by atoms with van der Waals surface area (Å²) in [6, 6.07) is 2.94. The Morgan fingerprint density at radius 2 is 2.17 bits per heavy atom. The lowest BCUT2D eigenvalue weighted by atomic mass is 10.2. The molecule has 0 aliphatic rings. The smallest absolute Gasteiger partial charge is 0.319 e. The molecule has 0 saturated carbocycles. The number of halogens is 2. The number of nitrogens with one attached hydrogen (secondary N) is 2. The van der Waals surface area contributed by atoms with Crippen molar-refractivity contribution in [1.29, 1.82) is 0 Å². The largest absolute Gasteiger partial charge is 0.481 e. The van der Waals surface area contributed by atoms with Gasteiger partial charge in [-0.2, -0.15) is 0 Å². The standard InChI is InChI=1S/C11H12ClFN2O3/c1-6(10(16)17)5-14-11(18)15-9-3-2-7(13)4-8(9)12/h2-4,6H,5H2,1H3,(H,16,17)(H2,14,15,18). The van der Waals surface area contributed by atoms with Gasteiger partial charge in [0.25, 0.3) is 0 Å². The zero-order chi connectivity index (χ0) is 13.7. The van der Waals surface area contributed by atoms with Crippen LogP contribution in [0, 0.1) is 11.7 Å². The Morgan fingerprint density at radius 1 is 1.50 bits per heavy atom. The van der Waals surface area contributed by atoms with Gasteiger partial charge in [0.15, 0.2) is 0 Å². The molecule has 3 N–H and O–H groups in total. The minimum Gasteiger partial charge on any atom is -0.481 e. The number of urea groups is 1. The monoisotopic (exact) mass is 274 g/mol. The predicted octanol–water partition coefficient (Wildman–Crippen LogP) is 2.32. The van der Waals surface area contributed by atoms with E-state index in [4.69, 9.17) is 16.7 Å². The summed E-state index contributed by atoms with van der Waals surface area (Å²) in [5.41, 5.74) is 0.249. The molecule has 1 rings (SSSR count). The number of aliphatic carboxylic acids is 1. The van der Waals surface area contributed by atoms with Crippen LogP contribution in [-0.2, 0) is 4.79 Å². The molecule has 7 heteroatoms. The van der Waals surface area contributed by atoms with Gasteiger partial charge < -0.3 is 15.7 Å². The summed E-state index contributed by atoms with van der Waals surface area (Å²) < 4.78 is 12.7. The highest BCUT2D eigenvalue weighted by atomic mass is 35.5. The number of carboxylic acid groups (broad SMARTS) is 1. The van der Waals surface area contributed by atoms with Gasteiger partial charge in [0.1, 0.15) is 5.82 Å². The van der Waals surface area contributed by atoms with Crippen LogP contribution in [0.3, 0.4) is 0 Å². The Hall–Kier alpha value is -1.82. The Bertz CT molecular complexity index is 468. The lowest BCUT2D eigenvalue weighted by molar-refractivity contribution is -0.140. The third kappa shape index (κ3) is 4.21. The summed E-state index contributed by atoms with van der Waals surface area (Å²) in [5, 5.41) is 13.5. The van der Waals surface area contributed by atoms with Crippen LogP contribution in [0.25, 0.3) is 0 Å². The summed E-state index contributed by atoms with van der Waals surface area (Å²) >= 11 is 5.71. The Morgan fingerprint density at radius 3 is 2.72 bits per heavy atom. The van der Waals surface area contributed by atoms with Crippen molar-refractivity contribution < 1.29 is 19.1 Å². The van der Waals surface area contributed by atoms with Crippen molar-refractivity contribution in [2.75, 3.05) is 11.9 Å². The molecule has 1 atom stereocenters. The van der Waals surface area contributed by atoms with Gasteiger partial charge in [-0.1, -0.05) is 18.5 Å². The van der Waals surface area contributed by atoms with Crippen molar-refractivity contribution in [2.45, 2.75) is 6.92 Å². The number of carbonyl (C=O) groups excluding carboxylic acids is 1. The SMILES string of the molecule is CC(CNC(=O)Nc1ccc(F)cc1Cl)C(=O)O. The minimum absolute atomic E-state index is 0.0139. The number of carboxylic acids is 1. The second-order valence-electron chi connectivity index (χ2n) is 3.70. The highest BCUT2D eigenvalue weighted by Gasteiger charge is 2.12. The number of anilines is 1. The molecule has 0 spiro atoms. The van der Waals surface area contributed by atoms with E-state index >= 15 is 0 Å². The summed E-state index contributed by atoms with van der Waals surface area (Å²) in [5.74, 6) is -2.21. The molecule has 5 nitrogen and oxygen atoms in total. The Kier molecular flexibility index (Phi) is 4.91. The molecule has 2 amide bonds. The predicted molar refractivity (Wildman–Crippen MR) is 65.2 cm³/mol. The summed E-state index contributed by atoms with van der Waals surface area (Å²) in [6.45, 7) is 1.45. The second kappa shape index (κ2) is 6.20. The molecule has 18 heavy (non-hydrogen) atoms. The number of hydrogen-bond donors (Lipinski definition) is 3. The fourth-order valence-corrected chi connectivity index (χ4v) is 1.30. The summed E-state index contributed by atoms with van der Waals surface area (Å²) in [7, 11) is 0. The number of carbonyl (C=O) groups is 2. The van der Waals surface area contributed by atoms with E-state index in [0.717, 1.165) is 12.1 Å². The fourth-order valence-electron chi connectivity index (χ4n) is 1.09. The first-order chi connectivity index (χ1) is 8.40. The van der Waals surface area contributed by atoms with Crippen LogP contribution in [0.1, 0.15) is 6.92 Å². The highest BCUT2D eigenvalue weighted by Crippen LogP contribution is 2.22. The van der Waals surface area contributed by atoms with Gasteiger partial charge in [0, 0.05) is 6.54 Å².